The number of cyclic esters (lactones) is 1. The Morgan fingerprint density at radius 2 is 2.10 bits per heavy atom. The van der Waals surface area contributed by atoms with E-state index in [-0.39, 0.29) is 24.2 Å². The van der Waals surface area contributed by atoms with Crippen LogP contribution in [-0.4, -0.2) is 42.7 Å². The number of hydrogen-bond acceptors (Lipinski definition) is 4. The molecule has 0 saturated carbocycles. The minimum atomic E-state index is -0.158. The highest BCUT2D eigenvalue weighted by Crippen LogP contribution is 2.31. The fourth-order valence-electron chi connectivity index (χ4n) is 2.90. The molecule has 21 heavy (non-hydrogen) atoms. The van der Waals surface area contributed by atoms with Crippen molar-refractivity contribution in [1.29, 1.82) is 0 Å². The van der Waals surface area contributed by atoms with Crippen LogP contribution in [0.2, 0.25) is 10.0 Å². The second-order valence-corrected chi connectivity index (χ2v) is 6.34. The van der Waals surface area contributed by atoms with Crippen molar-refractivity contribution >= 4 is 29.2 Å². The number of ether oxygens (including phenoxy) is 2. The summed E-state index contributed by atoms with van der Waals surface area (Å²) < 4.78 is 11.1. The summed E-state index contributed by atoms with van der Waals surface area (Å²) in [4.78, 5) is 14.0. The van der Waals surface area contributed by atoms with Gasteiger partial charge < -0.3 is 9.47 Å². The quantitative estimate of drug-likeness (QED) is 0.781. The number of halogens is 2. The third kappa shape index (κ3) is 3.19. The first-order chi connectivity index (χ1) is 10.0. The number of nitrogens with zero attached hydrogens (tertiary/aromatic N) is 1. The maximum Gasteiger partial charge on any atom is 0.323 e. The summed E-state index contributed by atoms with van der Waals surface area (Å²) in [5.41, 5.74) is 0.980. The molecule has 0 amide bonds. The molecule has 2 fully saturated rings. The van der Waals surface area contributed by atoms with Crippen molar-refractivity contribution in [2.24, 2.45) is 0 Å². The molecule has 0 N–H and O–H groups in total. The van der Waals surface area contributed by atoms with Crippen LogP contribution >= 0.6 is 23.2 Å². The first-order valence-electron chi connectivity index (χ1n) is 7.05. The summed E-state index contributed by atoms with van der Waals surface area (Å²) >= 11 is 12.0. The summed E-state index contributed by atoms with van der Waals surface area (Å²) in [5.74, 6) is -0.128. The molecule has 2 aliphatic heterocycles. The Labute approximate surface area is 133 Å². The van der Waals surface area contributed by atoms with E-state index < -0.39 is 0 Å². The van der Waals surface area contributed by atoms with E-state index in [2.05, 4.69) is 4.90 Å². The van der Waals surface area contributed by atoms with Crippen molar-refractivity contribution in [3.63, 3.8) is 0 Å². The molecule has 3 atom stereocenters. The molecule has 6 heteroatoms. The Morgan fingerprint density at radius 1 is 1.29 bits per heavy atom. The fraction of sp³-hybridized carbons (Fsp3) is 0.533. The van der Waals surface area contributed by atoms with E-state index >= 15 is 0 Å². The molecule has 4 nitrogen and oxygen atoms in total. The summed E-state index contributed by atoms with van der Waals surface area (Å²) in [5, 5.41) is 1.05. The van der Waals surface area contributed by atoms with E-state index in [1.165, 1.54) is 0 Å². The second kappa shape index (κ2) is 6.13. The van der Waals surface area contributed by atoms with Crippen LogP contribution in [0.15, 0.2) is 18.2 Å². The monoisotopic (exact) mass is 329 g/mol. The third-order valence-corrected chi connectivity index (χ3v) is 4.74. The second-order valence-electron chi connectivity index (χ2n) is 5.53. The molecule has 0 radical (unpaired) electrons. The van der Waals surface area contributed by atoms with Gasteiger partial charge in [0.25, 0.3) is 0 Å². The summed E-state index contributed by atoms with van der Waals surface area (Å²) in [6.07, 6.45) is 0.637. The summed E-state index contributed by atoms with van der Waals surface area (Å²) in [6, 6.07) is 5.35. The molecular formula is C15H17Cl2NO3. The van der Waals surface area contributed by atoms with E-state index in [4.69, 9.17) is 32.7 Å². The predicted octanol–water partition coefficient (Wildman–Crippen LogP) is 3.07. The van der Waals surface area contributed by atoms with Gasteiger partial charge in [0.2, 0.25) is 0 Å². The maximum atomic E-state index is 11.9. The average Bonchev–Trinajstić information content (AvgIpc) is 2.81. The lowest BCUT2D eigenvalue weighted by Gasteiger charge is -2.35. The zero-order valence-corrected chi connectivity index (χ0v) is 13.2. The topological polar surface area (TPSA) is 38.8 Å². The maximum absolute atomic E-state index is 11.9. The minimum absolute atomic E-state index is 0.00577. The number of rotatable bonds is 2. The van der Waals surface area contributed by atoms with E-state index in [0.29, 0.717) is 23.2 Å². The van der Waals surface area contributed by atoms with Crippen molar-refractivity contribution in [2.75, 3.05) is 19.7 Å². The molecule has 3 unspecified atom stereocenters. The van der Waals surface area contributed by atoms with Gasteiger partial charge in [0.05, 0.1) is 22.8 Å². The first-order valence-corrected chi connectivity index (χ1v) is 7.81. The first kappa shape index (κ1) is 15.1. The molecule has 2 aliphatic rings. The van der Waals surface area contributed by atoms with E-state index in [1.54, 1.807) is 6.07 Å². The predicted molar refractivity (Wildman–Crippen MR) is 80.7 cm³/mol. The third-order valence-electron chi connectivity index (χ3n) is 4.00. The van der Waals surface area contributed by atoms with Gasteiger partial charge in [-0.05, 0) is 24.6 Å². The Hall–Kier alpha value is -0.810. The highest BCUT2D eigenvalue weighted by molar-refractivity contribution is 6.42. The number of carbonyl (C=O) groups is 1. The zero-order chi connectivity index (χ0) is 15.0. The van der Waals surface area contributed by atoms with Crippen LogP contribution in [0.4, 0.5) is 0 Å². The van der Waals surface area contributed by atoms with Crippen molar-refractivity contribution in [3.05, 3.63) is 33.8 Å². The fourth-order valence-corrected chi connectivity index (χ4v) is 3.21. The van der Waals surface area contributed by atoms with Crippen molar-refractivity contribution in [3.8, 4) is 0 Å². The average molecular weight is 330 g/mol. The van der Waals surface area contributed by atoms with Crippen LogP contribution in [0, 0.1) is 0 Å². The molecular weight excluding hydrogens is 313 g/mol. The van der Waals surface area contributed by atoms with Gasteiger partial charge in [0.15, 0.2) is 0 Å². The van der Waals surface area contributed by atoms with Gasteiger partial charge >= 0.3 is 5.97 Å². The van der Waals surface area contributed by atoms with Gasteiger partial charge in [-0.2, -0.15) is 0 Å². The number of benzene rings is 1. The molecule has 0 aliphatic carbocycles. The molecule has 0 spiro atoms. The number of carbonyl (C=O) groups excluding carboxylic acids is 1. The Bertz CT molecular complexity index is 552. The number of esters is 1. The molecule has 114 valence electrons. The lowest BCUT2D eigenvalue weighted by atomic mass is 10.1. The van der Waals surface area contributed by atoms with Gasteiger partial charge in [-0.3, -0.25) is 9.69 Å². The van der Waals surface area contributed by atoms with Crippen LogP contribution in [0.25, 0.3) is 0 Å². The zero-order valence-electron chi connectivity index (χ0n) is 11.7. The van der Waals surface area contributed by atoms with Crippen LogP contribution in [-0.2, 0) is 14.3 Å². The number of hydrogen-bond donors (Lipinski definition) is 0. The standard InChI is InChI=1S/C15H17Cl2NO3/c1-9-6-13(15(19)21-9)18-4-5-20-14(8-18)10-2-3-11(16)12(17)7-10/h2-3,7,9,13-14H,4-6,8H2,1H3. The van der Waals surface area contributed by atoms with Gasteiger partial charge in [-0.1, -0.05) is 29.3 Å². The Morgan fingerprint density at radius 3 is 2.76 bits per heavy atom. The highest BCUT2D eigenvalue weighted by Gasteiger charge is 2.38. The molecule has 2 saturated heterocycles. The van der Waals surface area contributed by atoms with Crippen LogP contribution in [0.5, 0.6) is 0 Å². The Kier molecular flexibility index (Phi) is 4.41. The SMILES string of the molecule is CC1CC(N2CCOC(c3ccc(Cl)c(Cl)c3)C2)C(=O)O1. The van der Waals surface area contributed by atoms with E-state index in [0.717, 1.165) is 18.5 Å². The van der Waals surface area contributed by atoms with Crippen molar-refractivity contribution < 1.29 is 14.3 Å². The molecule has 1 aromatic carbocycles. The minimum Gasteiger partial charge on any atom is -0.461 e. The molecule has 1 aromatic rings. The van der Waals surface area contributed by atoms with Gasteiger partial charge in [-0.25, -0.2) is 0 Å². The largest absolute Gasteiger partial charge is 0.461 e. The van der Waals surface area contributed by atoms with Crippen LogP contribution < -0.4 is 0 Å². The van der Waals surface area contributed by atoms with Gasteiger partial charge in [0.1, 0.15) is 12.1 Å². The van der Waals surface area contributed by atoms with Crippen LogP contribution in [0.1, 0.15) is 25.0 Å². The smallest absolute Gasteiger partial charge is 0.323 e. The lowest BCUT2D eigenvalue weighted by molar-refractivity contribution is -0.147. The molecule has 3 rings (SSSR count). The Balaban J connectivity index is 1.73. The van der Waals surface area contributed by atoms with E-state index in [1.807, 2.05) is 19.1 Å². The van der Waals surface area contributed by atoms with Crippen molar-refractivity contribution in [2.45, 2.75) is 31.6 Å². The van der Waals surface area contributed by atoms with Crippen LogP contribution in [0.3, 0.4) is 0 Å². The summed E-state index contributed by atoms with van der Waals surface area (Å²) in [6.45, 7) is 3.91. The summed E-state index contributed by atoms with van der Waals surface area (Å²) in [7, 11) is 0. The molecule has 0 bridgehead atoms. The van der Waals surface area contributed by atoms with E-state index in [9.17, 15) is 4.79 Å². The molecule has 2 heterocycles. The molecule has 0 aromatic heterocycles. The van der Waals surface area contributed by atoms with Gasteiger partial charge in [-0.15, -0.1) is 0 Å². The normalized spacial score (nSPS) is 30.4. The van der Waals surface area contributed by atoms with Gasteiger partial charge in [0, 0.05) is 19.5 Å². The lowest BCUT2D eigenvalue weighted by Crippen LogP contribution is -2.46. The number of morpholine rings is 1. The van der Waals surface area contributed by atoms with Crippen molar-refractivity contribution in [1.82, 2.24) is 4.90 Å². The highest BCUT2D eigenvalue weighted by atomic mass is 35.5.